The van der Waals surface area contributed by atoms with Crippen molar-refractivity contribution in [2.75, 3.05) is 5.32 Å². The molecule has 0 saturated carbocycles. The minimum Gasteiger partial charge on any atom is -0.307 e. The van der Waals surface area contributed by atoms with Crippen LogP contribution in [-0.4, -0.2) is 10.9 Å². The van der Waals surface area contributed by atoms with E-state index in [-0.39, 0.29) is 5.91 Å². The van der Waals surface area contributed by atoms with E-state index in [4.69, 9.17) is 0 Å². The number of carbonyl (C=O) groups is 1. The molecule has 0 saturated heterocycles. The number of halogens is 2. The summed E-state index contributed by atoms with van der Waals surface area (Å²) in [7, 11) is 0. The van der Waals surface area contributed by atoms with Gasteiger partial charge in [0.1, 0.15) is 5.82 Å². The number of hydrogen-bond donors (Lipinski definition) is 1. The molecule has 0 bridgehead atoms. The van der Waals surface area contributed by atoms with Crippen molar-refractivity contribution in [3.8, 4) is 0 Å². The standard InChI is InChI=1S/C10H6Br2N2OS/c11-7-1-2-9(13-4-7)14-10(15)6-3-8(12)16-5-6/h1-5H,(H,13,14,15). The lowest BCUT2D eigenvalue weighted by Crippen LogP contribution is -2.11. The highest BCUT2D eigenvalue weighted by molar-refractivity contribution is 9.11. The van der Waals surface area contributed by atoms with E-state index in [2.05, 4.69) is 42.2 Å². The molecule has 0 unspecified atom stereocenters. The van der Waals surface area contributed by atoms with Crippen LogP contribution in [0, 0.1) is 0 Å². The van der Waals surface area contributed by atoms with Gasteiger partial charge in [0.15, 0.2) is 0 Å². The highest BCUT2D eigenvalue weighted by atomic mass is 79.9. The first-order valence-electron chi connectivity index (χ1n) is 4.32. The molecule has 0 spiro atoms. The van der Waals surface area contributed by atoms with Gasteiger partial charge >= 0.3 is 0 Å². The Kier molecular flexibility index (Phi) is 3.73. The molecule has 3 nitrogen and oxygen atoms in total. The molecular formula is C10H6Br2N2OS. The molecule has 0 atom stereocenters. The largest absolute Gasteiger partial charge is 0.307 e. The van der Waals surface area contributed by atoms with E-state index in [9.17, 15) is 4.79 Å². The molecule has 82 valence electrons. The van der Waals surface area contributed by atoms with Gasteiger partial charge in [-0.25, -0.2) is 4.98 Å². The number of hydrogen-bond acceptors (Lipinski definition) is 3. The van der Waals surface area contributed by atoms with Crippen LogP contribution in [0.5, 0.6) is 0 Å². The third kappa shape index (κ3) is 2.90. The molecule has 2 aromatic rings. The molecule has 0 aliphatic carbocycles. The maximum atomic E-state index is 11.7. The summed E-state index contributed by atoms with van der Waals surface area (Å²) < 4.78 is 1.81. The smallest absolute Gasteiger partial charge is 0.257 e. The lowest BCUT2D eigenvalue weighted by atomic mass is 10.3. The number of carbonyl (C=O) groups excluding carboxylic acids is 1. The van der Waals surface area contributed by atoms with Crippen molar-refractivity contribution < 1.29 is 4.79 Å². The van der Waals surface area contributed by atoms with Crippen molar-refractivity contribution in [1.82, 2.24) is 4.98 Å². The molecule has 1 N–H and O–H groups in total. The molecular weight excluding hydrogens is 356 g/mol. The summed E-state index contributed by atoms with van der Waals surface area (Å²) in [5.41, 5.74) is 0.626. The fourth-order valence-electron chi connectivity index (χ4n) is 1.07. The van der Waals surface area contributed by atoms with Crippen LogP contribution in [0.2, 0.25) is 0 Å². The summed E-state index contributed by atoms with van der Waals surface area (Å²) in [4.78, 5) is 15.8. The van der Waals surface area contributed by atoms with Crippen LogP contribution in [0.3, 0.4) is 0 Å². The van der Waals surface area contributed by atoms with Crippen molar-refractivity contribution in [1.29, 1.82) is 0 Å². The number of pyridine rings is 1. The zero-order chi connectivity index (χ0) is 11.5. The molecule has 2 aromatic heterocycles. The van der Waals surface area contributed by atoms with Gasteiger partial charge < -0.3 is 5.32 Å². The van der Waals surface area contributed by atoms with E-state index in [1.54, 1.807) is 23.7 Å². The molecule has 0 aromatic carbocycles. The van der Waals surface area contributed by atoms with E-state index in [1.807, 2.05) is 6.07 Å². The van der Waals surface area contributed by atoms with E-state index >= 15 is 0 Å². The molecule has 6 heteroatoms. The van der Waals surface area contributed by atoms with Gasteiger partial charge in [0.25, 0.3) is 5.91 Å². The number of nitrogens with zero attached hydrogens (tertiary/aromatic N) is 1. The maximum Gasteiger partial charge on any atom is 0.257 e. The summed E-state index contributed by atoms with van der Waals surface area (Å²) in [6.07, 6.45) is 1.64. The number of aromatic nitrogens is 1. The molecule has 0 aliphatic rings. The predicted octanol–water partition coefficient (Wildman–Crippen LogP) is 3.92. The van der Waals surface area contributed by atoms with Gasteiger partial charge in [0, 0.05) is 16.0 Å². The summed E-state index contributed by atoms with van der Waals surface area (Å²) in [6.45, 7) is 0. The first kappa shape index (κ1) is 11.8. The van der Waals surface area contributed by atoms with Gasteiger partial charge in [-0.2, -0.15) is 0 Å². The molecule has 0 aliphatic heterocycles. The number of anilines is 1. The Balaban J connectivity index is 2.10. The minimum atomic E-state index is -0.156. The Morgan fingerprint density at radius 2 is 2.19 bits per heavy atom. The molecule has 1 amide bonds. The van der Waals surface area contributed by atoms with Crippen LogP contribution in [0.1, 0.15) is 10.4 Å². The lowest BCUT2D eigenvalue weighted by molar-refractivity contribution is 0.102. The number of rotatable bonds is 2. The first-order valence-corrected chi connectivity index (χ1v) is 6.78. The Morgan fingerprint density at radius 1 is 1.38 bits per heavy atom. The first-order chi connectivity index (χ1) is 7.65. The number of amides is 1. The Morgan fingerprint density at radius 3 is 2.75 bits per heavy atom. The second kappa shape index (κ2) is 5.07. The molecule has 0 fully saturated rings. The number of nitrogens with one attached hydrogen (secondary N) is 1. The van der Waals surface area contributed by atoms with E-state index in [0.29, 0.717) is 11.4 Å². The van der Waals surface area contributed by atoms with Crippen molar-refractivity contribution in [2.24, 2.45) is 0 Å². The monoisotopic (exact) mass is 360 g/mol. The van der Waals surface area contributed by atoms with Crippen LogP contribution in [0.25, 0.3) is 0 Å². The highest BCUT2D eigenvalue weighted by Crippen LogP contribution is 2.21. The Hall–Kier alpha value is -0.720. The molecule has 2 rings (SSSR count). The molecule has 2 heterocycles. The van der Waals surface area contributed by atoms with E-state index in [1.165, 1.54) is 11.3 Å². The average molecular weight is 362 g/mol. The number of thiophene rings is 1. The molecule has 0 radical (unpaired) electrons. The summed E-state index contributed by atoms with van der Waals surface area (Å²) in [6, 6.07) is 5.34. The van der Waals surface area contributed by atoms with Crippen LogP contribution in [0.4, 0.5) is 5.82 Å². The third-order valence-corrected chi connectivity index (χ3v) is 3.77. The van der Waals surface area contributed by atoms with Crippen molar-refractivity contribution >= 4 is 54.9 Å². The van der Waals surface area contributed by atoms with Gasteiger partial charge in [-0.3, -0.25) is 4.79 Å². The van der Waals surface area contributed by atoms with Crippen LogP contribution < -0.4 is 5.32 Å². The topological polar surface area (TPSA) is 42.0 Å². The quantitative estimate of drug-likeness (QED) is 0.880. The Labute approximate surface area is 113 Å². The maximum absolute atomic E-state index is 11.7. The van der Waals surface area contributed by atoms with E-state index < -0.39 is 0 Å². The zero-order valence-electron chi connectivity index (χ0n) is 7.91. The summed E-state index contributed by atoms with van der Waals surface area (Å²) >= 11 is 8.07. The van der Waals surface area contributed by atoms with Crippen molar-refractivity contribution in [3.63, 3.8) is 0 Å². The lowest BCUT2D eigenvalue weighted by Gasteiger charge is -2.01. The second-order valence-electron chi connectivity index (χ2n) is 2.96. The fourth-order valence-corrected chi connectivity index (χ4v) is 2.44. The SMILES string of the molecule is O=C(Nc1ccc(Br)cn1)c1csc(Br)c1. The normalized spacial score (nSPS) is 10.1. The van der Waals surface area contributed by atoms with Gasteiger partial charge in [-0.05, 0) is 50.1 Å². The van der Waals surface area contributed by atoms with Crippen LogP contribution >= 0.6 is 43.2 Å². The Bertz CT molecular complexity index is 510. The van der Waals surface area contributed by atoms with Gasteiger partial charge in [0.05, 0.1) is 9.35 Å². The minimum absolute atomic E-state index is 0.156. The molecule has 16 heavy (non-hydrogen) atoms. The van der Waals surface area contributed by atoms with Gasteiger partial charge in [-0.15, -0.1) is 11.3 Å². The highest BCUT2D eigenvalue weighted by Gasteiger charge is 2.08. The second-order valence-corrected chi connectivity index (χ2v) is 6.16. The van der Waals surface area contributed by atoms with Crippen molar-refractivity contribution in [3.05, 3.63) is 43.6 Å². The predicted molar refractivity (Wildman–Crippen MR) is 71.9 cm³/mol. The third-order valence-electron chi connectivity index (χ3n) is 1.80. The summed E-state index contributed by atoms with van der Waals surface area (Å²) in [5.74, 6) is 0.382. The van der Waals surface area contributed by atoms with Crippen LogP contribution in [-0.2, 0) is 0 Å². The van der Waals surface area contributed by atoms with Gasteiger partial charge in [0.2, 0.25) is 0 Å². The fraction of sp³-hybridized carbons (Fsp3) is 0. The van der Waals surface area contributed by atoms with Crippen LogP contribution in [0.15, 0.2) is 38.0 Å². The average Bonchev–Trinajstić information content (AvgIpc) is 2.68. The summed E-state index contributed by atoms with van der Waals surface area (Å²) in [5, 5.41) is 4.50. The van der Waals surface area contributed by atoms with Gasteiger partial charge in [-0.1, -0.05) is 0 Å². The van der Waals surface area contributed by atoms with Crippen molar-refractivity contribution in [2.45, 2.75) is 0 Å². The van der Waals surface area contributed by atoms with E-state index in [0.717, 1.165) is 8.26 Å². The zero-order valence-corrected chi connectivity index (χ0v) is 11.9.